The summed E-state index contributed by atoms with van der Waals surface area (Å²) >= 11 is 9.32. The highest BCUT2D eigenvalue weighted by Crippen LogP contribution is 2.47. The highest BCUT2D eigenvalue weighted by molar-refractivity contribution is 8.18. The molecule has 33 heavy (non-hydrogen) atoms. The van der Waals surface area contributed by atoms with E-state index in [-0.39, 0.29) is 5.91 Å². The van der Waals surface area contributed by atoms with Gasteiger partial charge in [-0.1, -0.05) is 53.7 Å². The summed E-state index contributed by atoms with van der Waals surface area (Å²) in [5.74, 6) is -0.00880. The standard InChI is InChI=1S/C26H22ClN3OS2/c1-3-29-21-16-19(27)10-12-22(21)32-24(29)14-13-23-25(31)30(4-2)26(33-23)28-20-11-9-17-7-5-6-8-18(17)15-20/h5-16H,3-4H2,1-2H3/b23-13-,24-14+,28-26?. The third kappa shape index (κ3) is 4.31. The van der Waals surface area contributed by atoms with Crippen LogP contribution in [0.25, 0.3) is 10.8 Å². The number of amides is 1. The molecule has 3 aromatic rings. The Hall–Kier alpha value is -2.67. The fourth-order valence-corrected chi connectivity index (χ4v) is 6.19. The van der Waals surface area contributed by atoms with Gasteiger partial charge in [0.15, 0.2) is 5.17 Å². The summed E-state index contributed by atoms with van der Waals surface area (Å²) in [6.07, 6.45) is 3.94. The molecule has 166 valence electrons. The summed E-state index contributed by atoms with van der Waals surface area (Å²) in [6, 6.07) is 20.3. The quantitative estimate of drug-likeness (QED) is 0.355. The Labute approximate surface area is 207 Å². The lowest BCUT2D eigenvalue weighted by Crippen LogP contribution is -2.28. The third-order valence-corrected chi connectivity index (χ3v) is 7.94. The van der Waals surface area contributed by atoms with Crippen LogP contribution in [0.4, 0.5) is 11.4 Å². The summed E-state index contributed by atoms with van der Waals surface area (Å²) in [7, 11) is 0. The monoisotopic (exact) mass is 491 g/mol. The second kappa shape index (κ2) is 9.29. The molecule has 3 aromatic carbocycles. The lowest BCUT2D eigenvalue weighted by molar-refractivity contribution is -0.122. The van der Waals surface area contributed by atoms with Crippen LogP contribution in [0.1, 0.15) is 13.8 Å². The number of likely N-dealkylation sites (N-methyl/N-ethyl adjacent to an activating group) is 1. The third-order valence-electron chi connectivity index (χ3n) is 5.55. The van der Waals surface area contributed by atoms with Gasteiger partial charge < -0.3 is 4.90 Å². The number of anilines is 1. The first-order valence-electron chi connectivity index (χ1n) is 10.8. The molecule has 0 spiro atoms. The van der Waals surface area contributed by atoms with Crippen molar-refractivity contribution in [1.29, 1.82) is 0 Å². The van der Waals surface area contributed by atoms with Gasteiger partial charge in [-0.3, -0.25) is 9.69 Å². The number of halogens is 1. The molecular formula is C26H22ClN3OS2. The molecule has 0 unspecified atom stereocenters. The van der Waals surface area contributed by atoms with Gasteiger partial charge in [-0.15, -0.1) is 0 Å². The maximum atomic E-state index is 13.1. The molecule has 2 aliphatic rings. The number of carbonyl (C=O) groups excluding carboxylic acids is 1. The van der Waals surface area contributed by atoms with Gasteiger partial charge in [0.05, 0.1) is 21.3 Å². The second-order valence-electron chi connectivity index (χ2n) is 7.57. The second-order valence-corrected chi connectivity index (χ2v) is 10.1. The molecule has 1 saturated heterocycles. The number of nitrogens with zero attached hydrogens (tertiary/aromatic N) is 3. The summed E-state index contributed by atoms with van der Waals surface area (Å²) < 4.78 is 0. The lowest BCUT2D eigenvalue weighted by atomic mass is 10.1. The Kier molecular flexibility index (Phi) is 6.23. The first-order valence-corrected chi connectivity index (χ1v) is 12.8. The van der Waals surface area contributed by atoms with Crippen molar-refractivity contribution in [2.75, 3.05) is 18.0 Å². The van der Waals surface area contributed by atoms with Gasteiger partial charge in [0.1, 0.15) is 0 Å². The van der Waals surface area contributed by atoms with Crippen molar-refractivity contribution in [2.24, 2.45) is 4.99 Å². The van der Waals surface area contributed by atoms with Crippen LogP contribution < -0.4 is 4.90 Å². The molecule has 0 N–H and O–H groups in total. The van der Waals surface area contributed by atoms with Crippen LogP contribution in [0.5, 0.6) is 0 Å². The van der Waals surface area contributed by atoms with Crippen LogP contribution in [0, 0.1) is 0 Å². The maximum absolute atomic E-state index is 13.1. The average molecular weight is 492 g/mol. The van der Waals surface area contributed by atoms with E-state index in [2.05, 4.69) is 36.1 Å². The first kappa shape index (κ1) is 22.1. The van der Waals surface area contributed by atoms with Crippen LogP contribution >= 0.6 is 35.1 Å². The van der Waals surface area contributed by atoms with Gasteiger partial charge in [-0.2, -0.15) is 0 Å². The molecule has 0 bridgehead atoms. The summed E-state index contributed by atoms with van der Waals surface area (Å²) in [5.41, 5.74) is 1.96. The Morgan fingerprint density at radius 3 is 2.48 bits per heavy atom. The van der Waals surface area contributed by atoms with Crippen molar-refractivity contribution in [2.45, 2.75) is 18.7 Å². The Balaban J connectivity index is 1.43. The van der Waals surface area contributed by atoms with E-state index in [9.17, 15) is 4.79 Å². The lowest BCUT2D eigenvalue weighted by Gasteiger charge is -2.17. The summed E-state index contributed by atoms with van der Waals surface area (Å²) in [5, 5.41) is 4.83. The molecule has 0 aromatic heterocycles. The molecule has 0 atom stereocenters. The van der Waals surface area contributed by atoms with Gasteiger partial charge >= 0.3 is 0 Å². The normalized spacial score (nSPS) is 19.5. The minimum atomic E-state index is -0.00880. The number of thioether (sulfide) groups is 2. The highest BCUT2D eigenvalue weighted by Gasteiger charge is 2.32. The number of carbonyl (C=O) groups is 1. The van der Waals surface area contributed by atoms with Crippen molar-refractivity contribution in [3.63, 3.8) is 0 Å². The topological polar surface area (TPSA) is 35.9 Å². The minimum absolute atomic E-state index is 0.00880. The van der Waals surface area contributed by atoms with Gasteiger partial charge in [-0.05, 0) is 78.9 Å². The van der Waals surface area contributed by atoms with Gasteiger partial charge in [-0.25, -0.2) is 4.99 Å². The van der Waals surface area contributed by atoms with E-state index in [1.807, 2.05) is 55.5 Å². The van der Waals surface area contributed by atoms with Crippen LogP contribution in [0.2, 0.25) is 5.02 Å². The molecule has 0 aliphatic carbocycles. The number of aliphatic imine (C=N–C) groups is 1. The number of rotatable bonds is 4. The van der Waals surface area contributed by atoms with E-state index in [0.29, 0.717) is 16.6 Å². The fourth-order valence-electron chi connectivity index (χ4n) is 3.91. The van der Waals surface area contributed by atoms with Crippen molar-refractivity contribution < 1.29 is 4.79 Å². The Morgan fingerprint density at radius 2 is 1.70 bits per heavy atom. The van der Waals surface area contributed by atoms with E-state index in [4.69, 9.17) is 16.6 Å². The smallest absolute Gasteiger partial charge is 0.266 e. The van der Waals surface area contributed by atoms with Crippen molar-refractivity contribution in [3.05, 3.63) is 87.8 Å². The van der Waals surface area contributed by atoms with Crippen LogP contribution in [0.3, 0.4) is 0 Å². The predicted octanol–water partition coefficient (Wildman–Crippen LogP) is 7.43. The van der Waals surface area contributed by atoms with E-state index in [0.717, 1.165) is 33.4 Å². The van der Waals surface area contributed by atoms with Gasteiger partial charge in [0, 0.05) is 23.0 Å². The number of fused-ring (bicyclic) bond motifs is 2. The van der Waals surface area contributed by atoms with E-state index < -0.39 is 0 Å². The highest BCUT2D eigenvalue weighted by atomic mass is 35.5. The molecule has 2 aliphatic heterocycles. The first-order chi connectivity index (χ1) is 16.1. The van der Waals surface area contributed by atoms with E-state index >= 15 is 0 Å². The molecular weight excluding hydrogens is 470 g/mol. The number of hydrogen-bond acceptors (Lipinski definition) is 5. The number of hydrogen-bond donors (Lipinski definition) is 0. The number of amidine groups is 1. The zero-order valence-electron chi connectivity index (χ0n) is 18.3. The summed E-state index contributed by atoms with van der Waals surface area (Å²) in [6.45, 7) is 5.49. The van der Waals surface area contributed by atoms with Crippen molar-refractivity contribution in [1.82, 2.24) is 4.90 Å². The van der Waals surface area contributed by atoms with E-state index in [1.54, 1.807) is 16.7 Å². The van der Waals surface area contributed by atoms with Gasteiger partial charge in [0.2, 0.25) is 0 Å². The zero-order chi connectivity index (χ0) is 22.9. The van der Waals surface area contributed by atoms with Crippen molar-refractivity contribution >= 4 is 68.3 Å². The minimum Gasteiger partial charge on any atom is -0.335 e. The Morgan fingerprint density at radius 1 is 0.909 bits per heavy atom. The SMILES string of the molecule is CCN1C(=O)/C(=C/C=C2/Sc3ccc(Cl)cc3N2CC)SC1=Nc1ccc2ccccc2c1. The van der Waals surface area contributed by atoms with Gasteiger partial charge in [0.25, 0.3) is 5.91 Å². The molecule has 0 saturated carbocycles. The molecule has 4 nitrogen and oxygen atoms in total. The Bertz CT molecular complexity index is 1350. The molecule has 1 amide bonds. The fraction of sp³-hybridized carbons (Fsp3) is 0.154. The van der Waals surface area contributed by atoms with E-state index in [1.165, 1.54) is 22.0 Å². The van der Waals surface area contributed by atoms with Crippen molar-refractivity contribution in [3.8, 4) is 0 Å². The number of benzene rings is 3. The van der Waals surface area contributed by atoms with Crippen LogP contribution in [-0.4, -0.2) is 29.1 Å². The maximum Gasteiger partial charge on any atom is 0.266 e. The molecule has 2 heterocycles. The van der Waals surface area contributed by atoms with Crippen LogP contribution in [-0.2, 0) is 4.79 Å². The average Bonchev–Trinajstić information content (AvgIpc) is 3.32. The summed E-state index contributed by atoms with van der Waals surface area (Å²) in [4.78, 5) is 23.7. The largest absolute Gasteiger partial charge is 0.335 e. The molecule has 7 heteroatoms. The number of allylic oxidation sites excluding steroid dienone is 2. The van der Waals surface area contributed by atoms with Crippen LogP contribution in [0.15, 0.2) is 92.6 Å². The zero-order valence-corrected chi connectivity index (χ0v) is 20.7. The molecule has 1 fully saturated rings. The molecule has 0 radical (unpaired) electrons. The predicted molar refractivity (Wildman–Crippen MR) is 143 cm³/mol. The molecule has 5 rings (SSSR count).